The summed E-state index contributed by atoms with van der Waals surface area (Å²) < 4.78 is 14.7. The van der Waals surface area contributed by atoms with Crippen LogP contribution in [0, 0.1) is 0 Å². The minimum atomic E-state index is 0.232. The topological polar surface area (TPSA) is 74.1 Å². The van der Waals surface area contributed by atoms with Crippen molar-refractivity contribution in [3.63, 3.8) is 0 Å². The zero-order valence-corrected chi connectivity index (χ0v) is 13.8. The lowest BCUT2D eigenvalue weighted by molar-refractivity contribution is 0.0461. The summed E-state index contributed by atoms with van der Waals surface area (Å²) in [6.07, 6.45) is 5.49. The Kier molecular flexibility index (Phi) is 3.91. The van der Waals surface area contributed by atoms with Gasteiger partial charge in [-0.3, -0.25) is 9.58 Å². The van der Waals surface area contributed by atoms with Gasteiger partial charge in [0.2, 0.25) is 0 Å². The van der Waals surface area contributed by atoms with E-state index in [-0.39, 0.29) is 6.04 Å². The average molecular weight is 328 g/mol. The number of hydrogen-bond acceptors (Lipinski definition) is 6. The van der Waals surface area contributed by atoms with Crippen LogP contribution in [0.5, 0.6) is 0 Å². The first-order valence-electron chi connectivity index (χ1n) is 7.91. The van der Waals surface area contributed by atoms with Gasteiger partial charge in [0, 0.05) is 32.5 Å². The van der Waals surface area contributed by atoms with Crippen LogP contribution in [0.4, 0.5) is 0 Å². The van der Waals surface area contributed by atoms with E-state index in [4.69, 9.17) is 9.15 Å². The molecule has 4 rings (SSSR count). The molecule has 1 atom stereocenters. The molecule has 126 valence electrons. The SMILES string of the molecule is COCC1Cn2nnc(-c3cnn(C)c3)c2CN1Cc1ccco1. The minimum absolute atomic E-state index is 0.232. The summed E-state index contributed by atoms with van der Waals surface area (Å²) in [5.41, 5.74) is 2.98. The van der Waals surface area contributed by atoms with Gasteiger partial charge in [-0.05, 0) is 12.1 Å². The van der Waals surface area contributed by atoms with Crippen molar-refractivity contribution in [2.75, 3.05) is 13.7 Å². The zero-order chi connectivity index (χ0) is 16.5. The van der Waals surface area contributed by atoms with Gasteiger partial charge in [0.1, 0.15) is 11.5 Å². The maximum Gasteiger partial charge on any atom is 0.120 e. The van der Waals surface area contributed by atoms with Crippen molar-refractivity contribution in [2.24, 2.45) is 7.05 Å². The Morgan fingerprint density at radius 3 is 3.04 bits per heavy atom. The Balaban J connectivity index is 1.64. The third-order valence-electron chi connectivity index (χ3n) is 4.37. The van der Waals surface area contributed by atoms with Crippen LogP contribution in [0.3, 0.4) is 0 Å². The molecule has 0 spiro atoms. The highest BCUT2D eigenvalue weighted by molar-refractivity contribution is 5.59. The van der Waals surface area contributed by atoms with E-state index in [2.05, 4.69) is 20.3 Å². The smallest absolute Gasteiger partial charge is 0.120 e. The van der Waals surface area contributed by atoms with E-state index in [0.717, 1.165) is 42.3 Å². The average Bonchev–Trinajstić information content (AvgIpc) is 3.29. The number of furan rings is 1. The Bertz CT molecular complexity index is 807. The molecular formula is C16H20N6O2. The summed E-state index contributed by atoms with van der Waals surface area (Å²) in [6, 6.07) is 4.14. The summed E-state index contributed by atoms with van der Waals surface area (Å²) in [4.78, 5) is 2.35. The van der Waals surface area contributed by atoms with Gasteiger partial charge in [-0.2, -0.15) is 5.10 Å². The number of nitrogens with zero attached hydrogens (tertiary/aromatic N) is 6. The van der Waals surface area contributed by atoms with Crippen LogP contribution in [0.15, 0.2) is 35.2 Å². The van der Waals surface area contributed by atoms with Gasteiger partial charge in [-0.25, -0.2) is 4.68 Å². The third-order valence-corrected chi connectivity index (χ3v) is 4.37. The lowest BCUT2D eigenvalue weighted by Crippen LogP contribution is -2.45. The molecule has 0 bridgehead atoms. The summed E-state index contributed by atoms with van der Waals surface area (Å²) in [7, 11) is 3.63. The fraction of sp³-hybridized carbons (Fsp3) is 0.438. The highest BCUT2D eigenvalue weighted by Crippen LogP contribution is 2.27. The maximum absolute atomic E-state index is 5.52. The van der Waals surface area contributed by atoms with Crippen LogP contribution in [-0.2, 0) is 31.4 Å². The number of rotatable bonds is 5. The number of hydrogen-bond donors (Lipinski definition) is 0. The Labute approximate surface area is 139 Å². The molecule has 8 heteroatoms. The largest absolute Gasteiger partial charge is 0.468 e. The second kappa shape index (κ2) is 6.21. The molecule has 0 radical (unpaired) electrons. The molecule has 1 unspecified atom stereocenters. The van der Waals surface area contributed by atoms with E-state index in [1.54, 1.807) is 18.1 Å². The van der Waals surface area contributed by atoms with Gasteiger partial charge in [-0.15, -0.1) is 5.10 Å². The fourth-order valence-electron chi connectivity index (χ4n) is 3.18. The first-order chi connectivity index (χ1) is 11.7. The van der Waals surface area contributed by atoms with Crippen LogP contribution in [0.1, 0.15) is 11.5 Å². The van der Waals surface area contributed by atoms with E-state index >= 15 is 0 Å². The molecule has 4 heterocycles. The highest BCUT2D eigenvalue weighted by Gasteiger charge is 2.30. The lowest BCUT2D eigenvalue weighted by Gasteiger charge is -2.34. The molecule has 1 aliphatic heterocycles. The predicted octanol–water partition coefficient (Wildman–Crippen LogP) is 1.30. The van der Waals surface area contributed by atoms with E-state index in [1.807, 2.05) is 36.3 Å². The molecule has 24 heavy (non-hydrogen) atoms. The van der Waals surface area contributed by atoms with E-state index in [1.165, 1.54) is 0 Å². The molecule has 0 amide bonds. The van der Waals surface area contributed by atoms with Gasteiger partial charge < -0.3 is 9.15 Å². The molecule has 0 aliphatic carbocycles. The summed E-state index contributed by atoms with van der Waals surface area (Å²) in [5, 5.41) is 12.9. The van der Waals surface area contributed by atoms with Crippen molar-refractivity contribution in [3.05, 3.63) is 42.2 Å². The summed E-state index contributed by atoms with van der Waals surface area (Å²) in [6.45, 7) is 2.87. The highest BCUT2D eigenvalue weighted by atomic mass is 16.5. The molecule has 0 fully saturated rings. The van der Waals surface area contributed by atoms with Crippen LogP contribution in [0.2, 0.25) is 0 Å². The molecule has 0 saturated carbocycles. The van der Waals surface area contributed by atoms with Crippen molar-refractivity contribution in [1.29, 1.82) is 0 Å². The van der Waals surface area contributed by atoms with E-state index < -0.39 is 0 Å². The minimum Gasteiger partial charge on any atom is -0.468 e. The zero-order valence-electron chi connectivity index (χ0n) is 13.8. The van der Waals surface area contributed by atoms with Gasteiger partial charge >= 0.3 is 0 Å². The van der Waals surface area contributed by atoms with E-state index in [9.17, 15) is 0 Å². The van der Waals surface area contributed by atoms with Crippen LogP contribution < -0.4 is 0 Å². The monoisotopic (exact) mass is 328 g/mol. The number of aryl methyl sites for hydroxylation is 1. The normalized spacial score (nSPS) is 18.0. The van der Waals surface area contributed by atoms with Gasteiger partial charge in [0.25, 0.3) is 0 Å². The van der Waals surface area contributed by atoms with Crippen molar-refractivity contribution in [3.8, 4) is 11.3 Å². The summed E-state index contributed by atoms with van der Waals surface area (Å²) >= 11 is 0. The van der Waals surface area contributed by atoms with Gasteiger partial charge in [0.05, 0.1) is 43.9 Å². The molecule has 1 aliphatic rings. The molecule has 0 aromatic carbocycles. The second-order valence-corrected chi connectivity index (χ2v) is 6.06. The first kappa shape index (κ1) is 15.1. The standard InChI is InChI=1S/C16H20N6O2/c1-20-7-12(6-17-20)16-15-10-21(9-14-4-3-5-24-14)13(11-23-2)8-22(15)19-18-16/h3-7,13H,8-11H2,1-2H3. The third kappa shape index (κ3) is 2.74. The number of ether oxygens (including phenoxy) is 1. The fourth-order valence-corrected chi connectivity index (χ4v) is 3.18. The van der Waals surface area contributed by atoms with Crippen molar-refractivity contribution >= 4 is 0 Å². The van der Waals surface area contributed by atoms with Crippen LogP contribution >= 0.6 is 0 Å². The number of fused-ring (bicyclic) bond motifs is 1. The van der Waals surface area contributed by atoms with E-state index in [0.29, 0.717) is 6.61 Å². The first-order valence-corrected chi connectivity index (χ1v) is 7.91. The van der Waals surface area contributed by atoms with Crippen LogP contribution in [0.25, 0.3) is 11.3 Å². The Morgan fingerprint density at radius 2 is 2.33 bits per heavy atom. The number of methoxy groups -OCH3 is 1. The van der Waals surface area contributed by atoms with Crippen molar-refractivity contribution in [1.82, 2.24) is 29.7 Å². The van der Waals surface area contributed by atoms with Crippen LogP contribution in [-0.4, -0.2) is 49.4 Å². The Hall–Kier alpha value is -2.45. The predicted molar refractivity (Wildman–Crippen MR) is 85.8 cm³/mol. The van der Waals surface area contributed by atoms with Gasteiger partial charge in [0.15, 0.2) is 0 Å². The number of aromatic nitrogens is 5. The molecule has 3 aromatic heterocycles. The molecule has 3 aromatic rings. The van der Waals surface area contributed by atoms with Crippen molar-refractivity contribution < 1.29 is 9.15 Å². The lowest BCUT2D eigenvalue weighted by atomic mass is 10.1. The quantitative estimate of drug-likeness (QED) is 0.703. The summed E-state index contributed by atoms with van der Waals surface area (Å²) in [5.74, 6) is 0.944. The molecule has 0 N–H and O–H groups in total. The molecule has 8 nitrogen and oxygen atoms in total. The molecule has 0 saturated heterocycles. The van der Waals surface area contributed by atoms with Crippen molar-refractivity contribution in [2.45, 2.75) is 25.7 Å². The second-order valence-electron chi connectivity index (χ2n) is 6.06. The maximum atomic E-state index is 5.52. The molecular weight excluding hydrogens is 308 g/mol. The Morgan fingerprint density at radius 1 is 1.42 bits per heavy atom. The van der Waals surface area contributed by atoms with Gasteiger partial charge in [-0.1, -0.05) is 5.21 Å².